The van der Waals surface area contributed by atoms with Crippen LogP contribution >= 0.6 is 11.3 Å². The Morgan fingerprint density at radius 2 is 2.22 bits per heavy atom. The summed E-state index contributed by atoms with van der Waals surface area (Å²) in [6.07, 6.45) is 6.93. The molecule has 0 saturated heterocycles. The number of terminal acetylenes is 1. The van der Waals surface area contributed by atoms with E-state index in [1.807, 2.05) is 0 Å². The lowest BCUT2D eigenvalue weighted by Gasteiger charge is -2.01. The number of sulfonamides is 1. The van der Waals surface area contributed by atoms with Crippen molar-refractivity contribution >= 4 is 37.5 Å². The van der Waals surface area contributed by atoms with E-state index in [1.165, 1.54) is 30.1 Å². The molecule has 140 valence electrons. The van der Waals surface area contributed by atoms with Gasteiger partial charge in [-0.3, -0.25) is 9.48 Å². The Morgan fingerprint density at radius 1 is 1.48 bits per heavy atom. The van der Waals surface area contributed by atoms with Gasteiger partial charge in [0.25, 0.3) is 5.91 Å². The Kier molecular flexibility index (Phi) is 4.88. The van der Waals surface area contributed by atoms with E-state index >= 15 is 0 Å². The van der Waals surface area contributed by atoms with Crippen LogP contribution in [0.1, 0.15) is 10.4 Å². The van der Waals surface area contributed by atoms with Crippen LogP contribution in [0.15, 0.2) is 34.3 Å². The Morgan fingerprint density at radius 3 is 2.85 bits per heavy atom. The highest BCUT2D eigenvalue weighted by Crippen LogP contribution is 2.22. The molecule has 27 heavy (non-hydrogen) atoms. The number of fused-ring (bicyclic) bond motifs is 1. The largest absolute Gasteiger partial charge is 0.479 e. The van der Waals surface area contributed by atoms with Gasteiger partial charge < -0.3 is 9.30 Å². The molecular formula is C16H15N5O4S2. The quantitative estimate of drug-likeness (QED) is 0.632. The molecule has 2 heterocycles. The summed E-state index contributed by atoms with van der Waals surface area (Å²) in [5.41, 5.74) is 0.852. The molecule has 0 fully saturated rings. The van der Waals surface area contributed by atoms with Gasteiger partial charge in [0, 0.05) is 13.2 Å². The van der Waals surface area contributed by atoms with E-state index in [9.17, 15) is 13.2 Å². The minimum Gasteiger partial charge on any atom is -0.479 e. The maximum atomic E-state index is 12.6. The lowest BCUT2D eigenvalue weighted by molar-refractivity contribution is 0.0995. The Hall–Kier alpha value is -2.94. The van der Waals surface area contributed by atoms with Gasteiger partial charge in [-0.2, -0.15) is 4.99 Å². The number of thiazole rings is 1. The monoisotopic (exact) mass is 405 g/mol. The van der Waals surface area contributed by atoms with E-state index in [0.717, 1.165) is 11.3 Å². The SMILES string of the molecule is C#CCn1c(=NC(=O)c2cn(C)nc2OC)sc2cc(S(N)(=O)=O)ccc21. The zero-order valence-electron chi connectivity index (χ0n) is 14.4. The standard InChI is InChI=1S/C16H15N5O4S2/c1-4-7-21-12-6-5-10(27(17,23)24)8-13(12)26-16(21)18-14(22)11-9-20(2)19-15(11)25-3/h1,5-6,8-9H,7H2,2-3H3,(H2,17,23,24). The highest BCUT2D eigenvalue weighted by atomic mass is 32.2. The molecule has 3 aromatic rings. The van der Waals surface area contributed by atoms with Crippen LogP contribution in [0.5, 0.6) is 5.88 Å². The number of nitrogens with zero attached hydrogens (tertiary/aromatic N) is 4. The number of hydrogen-bond acceptors (Lipinski definition) is 6. The molecule has 0 radical (unpaired) electrons. The second kappa shape index (κ2) is 6.99. The molecule has 0 spiro atoms. The van der Waals surface area contributed by atoms with Gasteiger partial charge in [0.1, 0.15) is 5.56 Å². The van der Waals surface area contributed by atoms with E-state index in [0.29, 0.717) is 15.0 Å². The summed E-state index contributed by atoms with van der Waals surface area (Å²) in [4.78, 5) is 17.0. The van der Waals surface area contributed by atoms with Gasteiger partial charge in [0.15, 0.2) is 4.80 Å². The molecule has 0 aliphatic rings. The van der Waals surface area contributed by atoms with E-state index in [4.69, 9.17) is 16.3 Å². The summed E-state index contributed by atoms with van der Waals surface area (Å²) < 4.78 is 31.9. The van der Waals surface area contributed by atoms with Crippen LogP contribution in [0.3, 0.4) is 0 Å². The fourth-order valence-corrected chi connectivity index (χ4v) is 4.15. The van der Waals surface area contributed by atoms with Gasteiger partial charge in [0.2, 0.25) is 15.9 Å². The van der Waals surface area contributed by atoms with Crippen molar-refractivity contribution < 1.29 is 17.9 Å². The Balaban J connectivity index is 2.20. The van der Waals surface area contributed by atoms with Crippen LogP contribution in [-0.4, -0.2) is 35.8 Å². The third kappa shape index (κ3) is 3.63. The molecule has 2 N–H and O–H groups in total. The normalized spacial score (nSPS) is 12.3. The number of aryl methyl sites for hydroxylation is 1. The lowest BCUT2D eigenvalue weighted by atomic mass is 10.3. The average molecular weight is 405 g/mol. The van der Waals surface area contributed by atoms with Gasteiger partial charge >= 0.3 is 0 Å². The fourth-order valence-electron chi connectivity index (χ4n) is 2.47. The van der Waals surface area contributed by atoms with Crippen molar-refractivity contribution in [3.63, 3.8) is 0 Å². The van der Waals surface area contributed by atoms with Crippen molar-refractivity contribution in [1.29, 1.82) is 0 Å². The van der Waals surface area contributed by atoms with Crippen LogP contribution < -0.4 is 14.7 Å². The first-order chi connectivity index (χ1) is 12.7. The first-order valence-corrected chi connectivity index (χ1v) is 9.87. The van der Waals surface area contributed by atoms with E-state index in [1.54, 1.807) is 17.7 Å². The summed E-state index contributed by atoms with van der Waals surface area (Å²) in [7, 11) is -0.783. The van der Waals surface area contributed by atoms with Crippen LogP contribution in [0.4, 0.5) is 0 Å². The minimum atomic E-state index is -3.85. The minimum absolute atomic E-state index is 0.0316. The Labute approximate surface area is 158 Å². The average Bonchev–Trinajstić information content (AvgIpc) is 3.14. The van der Waals surface area contributed by atoms with Gasteiger partial charge in [0.05, 0.1) is 28.8 Å². The van der Waals surface area contributed by atoms with Crippen LogP contribution in [-0.2, 0) is 23.6 Å². The molecule has 2 aromatic heterocycles. The highest BCUT2D eigenvalue weighted by molar-refractivity contribution is 7.89. The second-order valence-corrected chi connectivity index (χ2v) is 8.06. The molecule has 0 unspecified atom stereocenters. The maximum Gasteiger partial charge on any atom is 0.286 e. The third-order valence-electron chi connectivity index (χ3n) is 3.65. The smallest absolute Gasteiger partial charge is 0.286 e. The fraction of sp³-hybridized carbons (Fsp3) is 0.188. The zero-order chi connectivity index (χ0) is 19.8. The van der Waals surface area contributed by atoms with Gasteiger partial charge in [-0.15, -0.1) is 11.5 Å². The number of benzene rings is 1. The molecule has 0 bridgehead atoms. The van der Waals surface area contributed by atoms with Crippen molar-refractivity contribution in [3.8, 4) is 18.2 Å². The predicted octanol–water partition coefficient (Wildman–Crippen LogP) is 0.467. The van der Waals surface area contributed by atoms with Gasteiger partial charge in [-0.05, 0) is 18.2 Å². The number of primary sulfonamides is 1. The molecule has 1 amide bonds. The number of carbonyl (C=O) groups excluding carboxylic acids is 1. The molecule has 0 atom stereocenters. The maximum absolute atomic E-state index is 12.6. The predicted molar refractivity (Wildman–Crippen MR) is 99.7 cm³/mol. The van der Waals surface area contributed by atoms with Crippen LogP contribution in [0, 0.1) is 12.3 Å². The summed E-state index contributed by atoms with van der Waals surface area (Å²) in [5.74, 6) is 2.11. The molecule has 3 rings (SSSR count). The lowest BCUT2D eigenvalue weighted by Crippen LogP contribution is -2.16. The number of aromatic nitrogens is 3. The molecule has 0 aliphatic carbocycles. The number of hydrogen-bond donors (Lipinski definition) is 1. The van der Waals surface area contributed by atoms with Crippen molar-refractivity contribution in [2.75, 3.05) is 7.11 Å². The van der Waals surface area contributed by atoms with Crippen molar-refractivity contribution in [3.05, 3.63) is 34.8 Å². The van der Waals surface area contributed by atoms with Crippen LogP contribution in [0.25, 0.3) is 10.2 Å². The summed E-state index contributed by atoms with van der Waals surface area (Å²) in [6, 6.07) is 4.39. The molecule has 11 heteroatoms. The van der Waals surface area contributed by atoms with Crippen molar-refractivity contribution in [1.82, 2.24) is 14.3 Å². The first-order valence-electron chi connectivity index (χ1n) is 7.51. The van der Waals surface area contributed by atoms with E-state index < -0.39 is 15.9 Å². The summed E-state index contributed by atoms with van der Waals surface area (Å²) >= 11 is 1.13. The van der Waals surface area contributed by atoms with Crippen molar-refractivity contribution in [2.24, 2.45) is 17.2 Å². The number of carbonyl (C=O) groups is 1. The van der Waals surface area contributed by atoms with Gasteiger partial charge in [-0.25, -0.2) is 13.6 Å². The topological polar surface area (TPSA) is 122 Å². The number of methoxy groups -OCH3 is 1. The first kappa shape index (κ1) is 18.8. The number of nitrogens with two attached hydrogens (primary N) is 1. The number of amides is 1. The third-order valence-corrected chi connectivity index (χ3v) is 5.60. The van der Waals surface area contributed by atoms with Crippen molar-refractivity contribution in [2.45, 2.75) is 11.4 Å². The van der Waals surface area contributed by atoms with Crippen LogP contribution in [0.2, 0.25) is 0 Å². The molecule has 9 nitrogen and oxygen atoms in total. The zero-order valence-corrected chi connectivity index (χ0v) is 16.0. The van der Waals surface area contributed by atoms with E-state index in [-0.39, 0.29) is 22.9 Å². The summed E-state index contributed by atoms with van der Waals surface area (Å²) in [5, 5.41) is 9.21. The number of rotatable bonds is 4. The molecule has 0 aliphatic heterocycles. The van der Waals surface area contributed by atoms with E-state index in [2.05, 4.69) is 16.0 Å². The van der Waals surface area contributed by atoms with Gasteiger partial charge in [-0.1, -0.05) is 17.3 Å². The molecule has 1 aromatic carbocycles. The number of ether oxygens (including phenoxy) is 1. The highest BCUT2D eigenvalue weighted by Gasteiger charge is 2.17. The summed E-state index contributed by atoms with van der Waals surface area (Å²) in [6.45, 7) is 0.158. The second-order valence-electron chi connectivity index (χ2n) is 5.49. The Bertz CT molecular complexity index is 1260. The molecule has 0 saturated carbocycles. The molecular weight excluding hydrogens is 390 g/mol.